The predicted octanol–water partition coefficient (Wildman–Crippen LogP) is 1.51. The van der Waals surface area contributed by atoms with E-state index in [0.29, 0.717) is 6.54 Å². The van der Waals surface area contributed by atoms with Crippen molar-refractivity contribution in [1.82, 2.24) is 30.1 Å². The van der Waals surface area contributed by atoms with Crippen LogP contribution in [-0.4, -0.2) is 43.9 Å². The minimum atomic E-state index is -0.0462. The van der Waals surface area contributed by atoms with E-state index in [1.54, 1.807) is 11.0 Å². The van der Waals surface area contributed by atoms with Crippen LogP contribution >= 0.6 is 0 Å². The van der Waals surface area contributed by atoms with Crippen molar-refractivity contribution in [3.8, 4) is 0 Å². The highest BCUT2D eigenvalue weighted by molar-refractivity contribution is 5.74. The molecule has 1 fully saturated rings. The molecule has 2 amide bonds. The lowest BCUT2D eigenvalue weighted by Crippen LogP contribution is -2.40. The van der Waals surface area contributed by atoms with E-state index < -0.39 is 0 Å². The van der Waals surface area contributed by atoms with Gasteiger partial charge in [0.15, 0.2) is 5.76 Å². The smallest absolute Gasteiger partial charge is 0.318 e. The van der Waals surface area contributed by atoms with Crippen molar-refractivity contribution in [2.45, 2.75) is 38.8 Å². The maximum atomic E-state index is 12.3. The Kier molecular flexibility index (Phi) is 4.36. The summed E-state index contributed by atoms with van der Waals surface area (Å²) in [6.45, 7) is 3.98. The number of hydrogen-bond acceptors (Lipinski definition) is 5. The Morgan fingerprint density at radius 1 is 1.55 bits per heavy atom. The zero-order valence-corrected chi connectivity index (χ0v) is 12.6. The van der Waals surface area contributed by atoms with Gasteiger partial charge in [-0.2, -0.15) is 5.10 Å². The molecule has 8 nitrogen and oxygen atoms in total. The number of rotatable bonds is 5. The number of likely N-dealkylation sites (tertiary alicyclic amines) is 1. The lowest BCUT2D eigenvalue weighted by molar-refractivity contribution is 0.182. The molecule has 8 heteroatoms. The third-order valence-corrected chi connectivity index (χ3v) is 3.80. The van der Waals surface area contributed by atoms with Crippen LogP contribution in [0.25, 0.3) is 0 Å². The van der Waals surface area contributed by atoms with Crippen LogP contribution in [0, 0.1) is 6.92 Å². The zero-order chi connectivity index (χ0) is 15.4. The van der Waals surface area contributed by atoms with E-state index in [9.17, 15) is 4.79 Å². The number of aromatic nitrogens is 4. The maximum absolute atomic E-state index is 12.3. The van der Waals surface area contributed by atoms with Gasteiger partial charge in [0.25, 0.3) is 0 Å². The molecule has 0 unspecified atom stereocenters. The summed E-state index contributed by atoms with van der Waals surface area (Å²) < 4.78 is 7.07. The highest BCUT2D eigenvalue weighted by Gasteiger charge is 2.32. The van der Waals surface area contributed by atoms with E-state index >= 15 is 0 Å². The van der Waals surface area contributed by atoms with Crippen LogP contribution in [0.2, 0.25) is 0 Å². The highest BCUT2D eigenvalue weighted by Crippen LogP contribution is 2.32. The van der Waals surface area contributed by atoms with Gasteiger partial charge in [-0.3, -0.25) is 4.68 Å². The minimum Gasteiger partial charge on any atom is -0.359 e. The van der Waals surface area contributed by atoms with Gasteiger partial charge in [-0.25, -0.2) is 9.78 Å². The van der Waals surface area contributed by atoms with Gasteiger partial charge >= 0.3 is 6.03 Å². The molecule has 2 aromatic heterocycles. The Hall–Kier alpha value is -2.38. The molecule has 118 valence electrons. The van der Waals surface area contributed by atoms with Gasteiger partial charge < -0.3 is 14.7 Å². The molecule has 1 aliphatic heterocycles. The van der Waals surface area contributed by atoms with E-state index in [-0.39, 0.29) is 12.1 Å². The average Bonchev–Trinajstić information content (AvgIpc) is 3.23. The minimum absolute atomic E-state index is 0.00323. The normalized spacial score (nSPS) is 17.9. The molecule has 1 N–H and O–H groups in total. The Labute approximate surface area is 128 Å². The van der Waals surface area contributed by atoms with E-state index in [0.717, 1.165) is 43.8 Å². The van der Waals surface area contributed by atoms with Gasteiger partial charge in [0.05, 0.1) is 11.7 Å². The van der Waals surface area contributed by atoms with Crippen molar-refractivity contribution in [2.75, 3.05) is 13.1 Å². The van der Waals surface area contributed by atoms with E-state index in [4.69, 9.17) is 4.52 Å². The molecule has 22 heavy (non-hydrogen) atoms. The number of aryl methyl sites for hydroxylation is 2. The quantitative estimate of drug-likeness (QED) is 0.846. The van der Waals surface area contributed by atoms with Crippen molar-refractivity contribution < 1.29 is 9.32 Å². The summed E-state index contributed by atoms with van der Waals surface area (Å²) in [6.07, 6.45) is 5.89. The Morgan fingerprint density at radius 2 is 2.45 bits per heavy atom. The summed E-state index contributed by atoms with van der Waals surface area (Å²) in [4.78, 5) is 18.0. The third-order valence-electron chi connectivity index (χ3n) is 3.80. The lowest BCUT2D eigenvalue weighted by atomic mass is 10.1. The number of urea groups is 1. The van der Waals surface area contributed by atoms with Gasteiger partial charge in [0.2, 0.25) is 0 Å². The largest absolute Gasteiger partial charge is 0.359 e. The summed E-state index contributed by atoms with van der Waals surface area (Å²) in [7, 11) is 0. The van der Waals surface area contributed by atoms with Crippen LogP contribution in [0.5, 0.6) is 0 Å². The number of nitrogens with one attached hydrogen (secondary N) is 1. The van der Waals surface area contributed by atoms with Gasteiger partial charge in [-0.05, 0) is 26.2 Å². The predicted molar refractivity (Wildman–Crippen MR) is 78.0 cm³/mol. The van der Waals surface area contributed by atoms with Crippen molar-refractivity contribution in [2.24, 2.45) is 0 Å². The molecular formula is C14H20N6O2. The molecule has 3 rings (SSSR count). The first-order valence-corrected chi connectivity index (χ1v) is 7.54. The molecule has 0 saturated carbocycles. The SMILES string of the molecule is Cc1cc([C@@H]2CCCN2C(=O)NCCCn2cncn2)on1. The first-order chi connectivity index (χ1) is 10.7. The molecule has 0 radical (unpaired) electrons. The monoisotopic (exact) mass is 304 g/mol. The molecule has 1 aliphatic rings. The van der Waals surface area contributed by atoms with Crippen LogP contribution in [0.15, 0.2) is 23.2 Å². The second-order valence-electron chi connectivity index (χ2n) is 5.47. The summed E-state index contributed by atoms with van der Waals surface area (Å²) in [6, 6.07) is 1.85. The molecule has 3 heterocycles. The molecule has 0 bridgehead atoms. The molecule has 2 aromatic rings. The molecule has 1 atom stereocenters. The fourth-order valence-corrected chi connectivity index (χ4v) is 2.73. The van der Waals surface area contributed by atoms with Crippen molar-refractivity contribution >= 4 is 6.03 Å². The second-order valence-corrected chi connectivity index (χ2v) is 5.47. The summed E-state index contributed by atoms with van der Waals surface area (Å²) in [5.41, 5.74) is 0.843. The Bertz CT molecular complexity index is 609. The van der Waals surface area contributed by atoms with Crippen LogP contribution in [-0.2, 0) is 6.54 Å². The first-order valence-electron chi connectivity index (χ1n) is 7.54. The number of carbonyl (C=O) groups is 1. The lowest BCUT2D eigenvalue weighted by Gasteiger charge is -2.23. The molecule has 0 aliphatic carbocycles. The van der Waals surface area contributed by atoms with Crippen molar-refractivity contribution in [1.29, 1.82) is 0 Å². The number of nitrogens with zero attached hydrogens (tertiary/aromatic N) is 5. The summed E-state index contributed by atoms with van der Waals surface area (Å²) >= 11 is 0. The second kappa shape index (κ2) is 6.59. The van der Waals surface area contributed by atoms with Crippen molar-refractivity contribution in [3.63, 3.8) is 0 Å². The van der Waals surface area contributed by atoms with E-state index in [1.807, 2.05) is 17.9 Å². The topological polar surface area (TPSA) is 89.1 Å². The summed E-state index contributed by atoms with van der Waals surface area (Å²) in [5.74, 6) is 0.771. The summed E-state index contributed by atoms with van der Waals surface area (Å²) in [5, 5.41) is 10.9. The Morgan fingerprint density at radius 3 is 3.18 bits per heavy atom. The molecule has 0 spiro atoms. The number of amides is 2. The maximum Gasteiger partial charge on any atom is 0.318 e. The van der Waals surface area contributed by atoms with Gasteiger partial charge in [0, 0.05) is 25.7 Å². The zero-order valence-electron chi connectivity index (χ0n) is 12.6. The van der Waals surface area contributed by atoms with Crippen LogP contribution in [0.1, 0.15) is 36.8 Å². The standard InChI is InChI=1S/C14H20N6O2/c1-11-8-13(22-18-11)12-4-2-7-20(12)14(21)16-5-3-6-19-10-15-9-17-19/h8-10,12H,2-7H2,1H3,(H,16,21)/t12-/m0/s1. The number of hydrogen-bond donors (Lipinski definition) is 1. The van der Waals surface area contributed by atoms with Gasteiger partial charge in [-0.15, -0.1) is 0 Å². The number of carbonyl (C=O) groups excluding carboxylic acids is 1. The van der Waals surface area contributed by atoms with E-state index in [1.165, 1.54) is 6.33 Å². The fraction of sp³-hybridized carbons (Fsp3) is 0.571. The van der Waals surface area contributed by atoms with Gasteiger partial charge in [0.1, 0.15) is 12.7 Å². The third kappa shape index (κ3) is 3.26. The van der Waals surface area contributed by atoms with E-state index in [2.05, 4.69) is 20.6 Å². The molecule has 1 saturated heterocycles. The van der Waals surface area contributed by atoms with Crippen LogP contribution in [0.4, 0.5) is 4.79 Å². The molecular weight excluding hydrogens is 284 g/mol. The first kappa shape index (κ1) is 14.6. The molecule has 0 aromatic carbocycles. The van der Waals surface area contributed by atoms with Gasteiger partial charge in [-0.1, -0.05) is 5.16 Å². The fourth-order valence-electron chi connectivity index (χ4n) is 2.73. The average molecular weight is 304 g/mol. The Balaban J connectivity index is 1.48. The highest BCUT2D eigenvalue weighted by atomic mass is 16.5. The van der Waals surface area contributed by atoms with Crippen LogP contribution < -0.4 is 5.32 Å². The van der Waals surface area contributed by atoms with Crippen LogP contribution in [0.3, 0.4) is 0 Å². The van der Waals surface area contributed by atoms with Crippen molar-refractivity contribution in [3.05, 3.63) is 30.2 Å².